The second kappa shape index (κ2) is 5.86. The van der Waals surface area contributed by atoms with Gasteiger partial charge in [-0.2, -0.15) is 0 Å². The molecule has 0 atom stereocenters. The molecular weight excluding hydrogens is 254 g/mol. The molecule has 0 bridgehead atoms. The van der Waals surface area contributed by atoms with Crippen LogP contribution in [0.4, 0.5) is 0 Å². The van der Waals surface area contributed by atoms with E-state index in [1.54, 1.807) is 4.68 Å². The first kappa shape index (κ1) is 14.2. The summed E-state index contributed by atoms with van der Waals surface area (Å²) >= 11 is 0. The topological polar surface area (TPSA) is 68.0 Å². The normalized spacial score (nSPS) is 11.0. The molecule has 0 unspecified atom stereocenters. The van der Waals surface area contributed by atoms with Crippen molar-refractivity contribution in [2.24, 2.45) is 0 Å². The summed E-state index contributed by atoms with van der Waals surface area (Å²) in [5.41, 5.74) is 2.78. The molecule has 0 aliphatic heterocycles. The van der Waals surface area contributed by atoms with E-state index in [1.807, 2.05) is 31.2 Å². The summed E-state index contributed by atoms with van der Waals surface area (Å²) in [5, 5.41) is 16.9. The monoisotopic (exact) mass is 273 g/mol. The van der Waals surface area contributed by atoms with E-state index in [2.05, 4.69) is 24.2 Å². The van der Waals surface area contributed by atoms with Gasteiger partial charge in [-0.1, -0.05) is 44.5 Å². The fraction of sp³-hybridized carbons (Fsp3) is 0.400. The van der Waals surface area contributed by atoms with Crippen LogP contribution in [0.3, 0.4) is 0 Å². The van der Waals surface area contributed by atoms with Crippen molar-refractivity contribution in [3.63, 3.8) is 0 Å². The van der Waals surface area contributed by atoms with E-state index in [0.29, 0.717) is 18.0 Å². The van der Waals surface area contributed by atoms with Crippen LogP contribution in [0.1, 0.15) is 54.9 Å². The Morgan fingerprint density at radius 3 is 2.45 bits per heavy atom. The molecule has 0 radical (unpaired) electrons. The molecular formula is C15H19N3O2. The maximum absolute atomic E-state index is 11.2. The zero-order valence-corrected chi connectivity index (χ0v) is 12.0. The first-order chi connectivity index (χ1) is 9.54. The minimum absolute atomic E-state index is 0.0415. The largest absolute Gasteiger partial charge is 0.476 e. The van der Waals surface area contributed by atoms with Crippen LogP contribution >= 0.6 is 0 Å². The summed E-state index contributed by atoms with van der Waals surface area (Å²) < 4.78 is 1.62. The predicted molar refractivity (Wildman–Crippen MR) is 76.4 cm³/mol. The number of hydrogen-bond donors (Lipinski definition) is 1. The highest BCUT2D eigenvalue weighted by Crippen LogP contribution is 2.19. The molecule has 1 heterocycles. The Bertz CT molecular complexity index is 600. The number of carbonyl (C=O) groups is 1. The quantitative estimate of drug-likeness (QED) is 0.909. The molecule has 2 aromatic rings. The van der Waals surface area contributed by atoms with Crippen LogP contribution in [0, 0.1) is 0 Å². The van der Waals surface area contributed by atoms with Crippen LogP contribution < -0.4 is 0 Å². The Morgan fingerprint density at radius 1 is 1.30 bits per heavy atom. The molecule has 0 saturated carbocycles. The lowest BCUT2D eigenvalue weighted by atomic mass is 10.0. The Kier molecular flexibility index (Phi) is 4.17. The van der Waals surface area contributed by atoms with E-state index in [9.17, 15) is 4.79 Å². The van der Waals surface area contributed by atoms with Crippen LogP contribution in [0.2, 0.25) is 0 Å². The SMILES string of the molecule is CCCc1c(C(=O)O)nnn1-c1ccc(C(C)C)cc1. The summed E-state index contributed by atoms with van der Waals surface area (Å²) in [6.45, 7) is 6.27. The van der Waals surface area contributed by atoms with Crippen molar-refractivity contribution >= 4 is 5.97 Å². The van der Waals surface area contributed by atoms with Crippen molar-refractivity contribution in [1.82, 2.24) is 15.0 Å². The molecule has 0 saturated heterocycles. The highest BCUT2D eigenvalue weighted by atomic mass is 16.4. The molecule has 0 aliphatic rings. The number of carboxylic acids is 1. The lowest BCUT2D eigenvalue weighted by Gasteiger charge is -2.09. The summed E-state index contributed by atoms with van der Waals surface area (Å²) in [4.78, 5) is 11.2. The van der Waals surface area contributed by atoms with Crippen LogP contribution in [-0.4, -0.2) is 26.1 Å². The molecule has 5 heteroatoms. The van der Waals surface area contributed by atoms with E-state index < -0.39 is 5.97 Å². The van der Waals surface area contributed by atoms with Crippen molar-refractivity contribution in [1.29, 1.82) is 0 Å². The van der Waals surface area contributed by atoms with Gasteiger partial charge in [0.2, 0.25) is 0 Å². The van der Waals surface area contributed by atoms with E-state index in [-0.39, 0.29) is 5.69 Å². The maximum atomic E-state index is 11.2. The van der Waals surface area contributed by atoms with Crippen LogP contribution in [-0.2, 0) is 6.42 Å². The lowest BCUT2D eigenvalue weighted by molar-refractivity contribution is 0.0689. The third kappa shape index (κ3) is 2.71. The number of benzene rings is 1. The van der Waals surface area contributed by atoms with Crippen molar-refractivity contribution < 1.29 is 9.90 Å². The molecule has 0 aliphatic carbocycles. The molecule has 106 valence electrons. The van der Waals surface area contributed by atoms with E-state index >= 15 is 0 Å². The molecule has 0 spiro atoms. The minimum Gasteiger partial charge on any atom is -0.476 e. The molecule has 1 aromatic heterocycles. The second-order valence-corrected chi connectivity index (χ2v) is 5.10. The zero-order chi connectivity index (χ0) is 14.7. The van der Waals surface area contributed by atoms with E-state index in [0.717, 1.165) is 12.1 Å². The van der Waals surface area contributed by atoms with Crippen molar-refractivity contribution in [2.75, 3.05) is 0 Å². The van der Waals surface area contributed by atoms with Gasteiger partial charge >= 0.3 is 5.97 Å². The Morgan fingerprint density at radius 2 is 1.95 bits per heavy atom. The zero-order valence-electron chi connectivity index (χ0n) is 12.0. The van der Waals surface area contributed by atoms with Gasteiger partial charge in [0.15, 0.2) is 5.69 Å². The summed E-state index contributed by atoms with van der Waals surface area (Å²) in [7, 11) is 0. The molecule has 1 N–H and O–H groups in total. The highest BCUT2D eigenvalue weighted by molar-refractivity contribution is 5.86. The third-order valence-corrected chi connectivity index (χ3v) is 3.26. The van der Waals surface area contributed by atoms with Crippen LogP contribution in [0.5, 0.6) is 0 Å². The van der Waals surface area contributed by atoms with E-state index in [1.165, 1.54) is 5.56 Å². The third-order valence-electron chi connectivity index (χ3n) is 3.26. The fourth-order valence-corrected chi connectivity index (χ4v) is 2.14. The molecule has 1 aromatic carbocycles. The maximum Gasteiger partial charge on any atom is 0.358 e. The van der Waals surface area contributed by atoms with E-state index in [4.69, 9.17) is 5.11 Å². The average molecular weight is 273 g/mol. The van der Waals surface area contributed by atoms with Crippen molar-refractivity contribution in [3.8, 4) is 5.69 Å². The first-order valence-corrected chi connectivity index (χ1v) is 6.82. The number of hydrogen-bond acceptors (Lipinski definition) is 3. The highest BCUT2D eigenvalue weighted by Gasteiger charge is 2.19. The second-order valence-electron chi connectivity index (χ2n) is 5.10. The number of rotatable bonds is 5. The molecule has 2 rings (SSSR count). The molecule has 0 amide bonds. The number of carboxylic acid groups (broad SMARTS) is 1. The number of aromatic carboxylic acids is 1. The Labute approximate surface area is 118 Å². The summed E-state index contributed by atoms with van der Waals surface area (Å²) in [6, 6.07) is 7.99. The number of nitrogens with zero attached hydrogens (tertiary/aromatic N) is 3. The predicted octanol–water partition coefficient (Wildman–Crippen LogP) is 3.04. The standard InChI is InChI=1S/C15H19N3O2/c1-4-5-13-14(15(19)20)16-17-18(13)12-8-6-11(7-9-12)10(2)3/h6-10H,4-5H2,1-3H3,(H,19,20). The van der Waals surface area contributed by atoms with Gasteiger partial charge in [0.05, 0.1) is 11.4 Å². The lowest BCUT2D eigenvalue weighted by Crippen LogP contribution is -2.06. The van der Waals surface area contributed by atoms with Gasteiger partial charge in [-0.05, 0) is 30.0 Å². The van der Waals surface area contributed by atoms with Crippen molar-refractivity contribution in [3.05, 3.63) is 41.2 Å². The Hall–Kier alpha value is -2.17. The van der Waals surface area contributed by atoms with Crippen LogP contribution in [0.15, 0.2) is 24.3 Å². The van der Waals surface area contributed by atoms with Gasteiger partial charge in [0, 0.05) is 0 Å². The summed E-state index contributed by atoms with van der Waals surface area (Å²) in [6.07, 6.45) is 1.48. The van der Waals surface area contributed by atoms with Gasteiger partial charge in [0.25, 0.3) is 0 Å². The fourth-order valence-electron chi connectivity index (χ4n) is 2.14. The van der Waals surface area contributed by atoms with Crippen LogP contribution in [0.25, 0.3) is 5.69 Å². The van der Waals surface area contributed by atoms with Gasteiger partial charge in [0.1, 0.15) is 0 Å². The molecule has 5 nitrogen and oxygen atoms in total. The van der Waals surface area contributed by atoms with Crippen molar-refractivity contribution in [2.45, 2.75) is 39.5 Å². The minimum atomic E-state index is -1.03. The van der Waals surface area contributed by atoms with Gasteiger partial charge in [-0.3, -0.25) is 0 Å². The number of aromatic nitrogens is 3. The molecule has 20 heavy (non-hydrogen) atoms. The van der Waals surface area contributed by atoms with Gasteiger partial charge in [-0.25, -0.2) is 9.48 Å². The molecule has 0 fully saturated rings. The van der Waals surface area contributed by atoms with Gasteiger partial charge in [-0.15, -0.1) is 5.10 Å². The smallest absolute Gasteiger partial charge is 0.358 e. The van der Waals surface area contributed by atoms with Gasteiger partial charge < -0.3 is 5.11 Å². The Balaban J connectivity index is 2.43. The summed E-state index contributed by atoms with van der Waals surface area (Å²) in [5.74, 6) is -0.567. The average Bonchev–Trinajstić information content (AvgIpc) is 2.83. The first-order valence-electron chi connectivity index (χ1n) is 6.82.